The van der Waals surface area contributed by atoms with Crippen molar-refractivity contribution in [2.75, 3.05) is 26.0 Å². The van der Waals surface area contributed by atoms with Crippen LogP contribution in [-0.4, -0.2) is 39.3 Å². The van der Waals surface area contributed by atoms with Crippen LogP contribution in [0.5, 0.6) is 0 Å². The van der Waals surface area contributed by atoms with Gasteiger partial charge in [0, 0.05) is 26.2 Å². The quantitative estimate of drug-likeness (QED) is 0.826. The molecule has 3 N–H and O–H groups in total. The van der Waals surface area contributed by atoms with Crippen molar-refractivity contribution in [3.8, 4) is 0 Å². The first kappa shape index (κ1) is 17.6. The van der Waals surface area contributed by atoms with Gasteiger partial charge in [-0.15, -0.1) is 0 Å². The molecule has 1 aromatic rings. The topological polar surface area (TPSA) is 92.5 Å². The van der Waals surface area contributed by atoms with E-state index < -0.39 is 10.0 Å². The second-order valence-electron chi connectivity index (χ2n) is 5.14. The van der Waals surface area contributed by atoms with E-state index in [9.17, 15) is 13.2 Å². The minimum absolute atomic E-state index is 0.164. The molecule has 0 aliphatic carbocycles. The molecule has 0 radical (unpaired) electrons. The van der Waals surface area contributed by atoms with Crippen LogP contribution in [-0.2, 0) is 14.8 Å². The number of benzene rings is 1. The first-order valence-corrected chi connectivity index (χ1v) is 8.18. The van der Waals surface area contributed by atoms with Crippen LogP contribution in [0.2, 0.25) is 0 Å². The SMILES string of the molecule is Cc1cc(S(=O)(=O)N(C)C)cc(NC(=O)CCCN)c1C. The number of nitrogens with zero attached hydrogens (tertiary/aromatic N) is 1. The summed E-state index contributed by atoms with van der Waals surface area (Å²) >= 11 is 0. The molecule has 0 fully saturated rings. The highest BCUT2D eigenvalue weighted by Gasteiger charge is 2.20. The highest BCUT2D eigenvalue weighted by Crippen LogP contribution is 2.25. The van der Waals surface area contributed by atoms with E-state index in [1.165, 1.54) is 20.2 Å². The molecular weight excluding hydrogens is 290 g/mol. The lowest BCUT2D eigenvalue weighted by molar-refractivity contribution is -0.116. The van der Waals surface area contributed by atoms with Gasteiger partial charge in [0.15, 0.2) is 0 Å². The summed E-state index contributed by atoms with van der Waals surface area (Å²) in [6, 6.07) is 3.11. The van der Waals surface area contributed by atoms with Crippen molar-refractivity contribution in [3.63, 3.8) is 0 Å². The third-order valence-corrected chi connectivity index (χ3v) is 5.09. The zero-order valence-corrected chi connectivity index (χ0v) is 13.8. The predicted octanol–water partition coefficient (Wildman–Crippen LogP) is 1.23. The number of anilines is 1. The summed E-state index contributed by atoms with van der Waals surface area (Å²) in [5, 5.41) is 2.76. The minimum Gasteiger partial charge on any atom is -0.330 e. The molecule has 0 unspecified atom stereocenters. The van der Waals surface area contributed by atoms with Crippen LogP contribution in [0.1, 0.15) is 24.0 Å². The van der Waals surface area contributed by atoms with Crippen molar-refractivity contribution in [2.24, 2.45) is 5.73 Å². The van der Waals surface area contributed by atoms with Crippen LogP contribution in [0, 0.1) is 13.8 Å². The highest BCUT2D eigenvalue weighted by atomic mass is 32.2. The average molecular weight is 313 g/mol. The summed E-state index contributed by atoms with van der Waals surface area (Å²) in [7, 11) is -0.577. The Morgan fingerprint density at radius 2 is 1.90 bits per heavy atom. The molecule has 7 heteroatoms. The van der Waals surface area contributed by atoms with Gasteiger partial charge in [-0.2, -0.15) is 0 Å². The van der Waals surface area contributed by atoms with Crippen LogP contribution in [0.4, 0.5) is 5.69 Å². The lowest BCUT2D eigenvalue weighted by Gasteiger charge is -2.16. The fourth-order valence-electron chi connectivity index (χ4n) is 1.79. The van der Waals surface area contributed by atoms with Gasteiger partial charge >= 0.3 is 0 Å². The standard InChI is InChI=1S/C14H23N3O3S/c1-10-8-12(21(19,20)17(3)4)9-13(11(10)2)16-14(18)6-5-7-15/h8-9H,5-7,15H2,1-4H3,(H,16,18). The number of hydrogen-bond donors (Lipinski definition) is 2. The number of aryl methyl sites for hydroxylation is 1. The molecule has 0 atom stereocenters. The van der Waals surface area contributed by atoms with Crippen molar-refractivity contribution in [1.29, 1.82) is 0 Å². The van der Waals surface area contributed by atoms with E-state index in [0.29, 0.717) is 25.1 Å². The van der Waals surface area contributed by atoms with E-state index in [4.69, 9.17) is 5.73 Å². The Bertz CT molecular complexity index is 625. The Morgan fingerprint density at radius 1 is 1.29 bits per heavy atom. The Labute approximate surface area is 126 Å². The molecule has 0 aliphatic rings. The highest BCUT2D eigenvalue weighted by molar-refractivity contribution is 7.89. The number of sulfonamides is 1. The third kappa shape index (κ3) is 4.26. The lowest BCUT2D eigenvalue weighted by atomic mass is 10.1. The number of amides is 1. The molecule has 1 rings (SSSR count). The molecule has 1 aromatic carbocycles. The van der Waals surface area contributed by atoms with Gasteiger partial charge in [0.2, 0.25) is 15.9 Å². The maximum absolute atomic E-state index is 12.2. The number of rotatable bonds is 6. The van der Waals surface area contributed by atoms with Crippen LogP contribution in [0.25, 0.3) is 0 Å². The molecule has 1 amide bonds. The van der Waals surface area contributed by atoms with Crippen LogP contribution in [0.15, 0.2) is 17.0 Å². The minimum atomic E-state index is -3.53. The largest absolute Gasteiger partial charge is 0.330 e. The van der Waals surface area contributed by atoms with Crippen LogP contribution in [0.3, 0.4) is 0 Å². The van der Waals surface area contributed by atoms with E-state index in [-0.39, 0.29) is 10.8 Å². The van der Waals surface area contributed by atoms with Crippen LogP contribution < -0.4 is 11.1 Å². The van der Waals surface area contributed by atoms with Crippen molar-refractivity contribution in [2.45, 2.75) is 31.6 Å². The van der Waals surface area contributed by atoms with E-state index in [0.717, 1.165) is 15.4 Å². The normalized spacial score (nSPS) is 11.7. The van der Waals surface area contributed by atoms with Crippen LogP contribution >= 0.6 is 0 Å². The maximum Gasteiger partial charge on any atom is 0.242 e. The zero-order valence-electron chi connectivity index (χ0n) is 12.9. The average Bonchev–Trinajstić information content (AvgIpc) is 2.40. The number of carbonyl (C=O) groups excluding carboxylic acids is 1. The summed E-state index contributed by atoms with van der Waals surface area (Å²) in [6.07, 6.45) is 0.916. The van der Waals surface area contributed by atoms with Gasteiger partial charge in [0.1, 0.15) is 0 Å². The summed E-state index contributed by atoms with van der Waals surface area (Å²) in [5.74, 6) is -0.164. The monoisotopic (exact) mass is 313 g/mol. The predicted molar refractivity (Wildman–Crippen MR) is 83.7 cm³/mol. The Kier molecular flexibility index (Phi) is 5.88. The Balaban J connectivity index is 3.16. The maximum atomic E-state index is 12.2. The molecule has 21 heavy (non-hydrogen) atoms. The van der Waals surface area contributed by atoms with Gasteiger partial charge in [-0.1, -0.05) is 0 Å². The van der Waals surface area contributed by atoms with Gasteiger partial charge in [-0.25, -0.2) is 12.7 Å². The first-order valence-electron chi connectivity index (χ1n) is 6.74. The van der Waals surface area contributed by atoms with Crippen molar-refractivity contribution in [3.05, 3.63) is 23.3 Å². The Hall–Kier alpha value is -1.44. The lowest BCUT2D eigenvalue weighted by Crippen LogP contribution is -2.23. The number of nitrogens with one attached hydrogen (secondary N) is 1. The third-order valence-electron chi connectivity index (χ3n) is 3.30. The number of nitrogens with two attached hydrogens (primary N) is 1. The summed E-state index contributed by atoms with van der Waals surface area (Å²) < 4.78 is 25.6. The van der Waals surface area contributed by atoms with E-state index in [2.05, 4.69) is 5.32 Å². The molecular formula is C14H23N3O3S. The van der Waals surface area contributed by atoms with Gasteiger partial charge in [-0.3, -0.25) is 4.79 Å². The van der Waals surface area contributed by atoms with Gasteiger partial charge in [0.25, 0.3) is 0 Å². The van der Waals surface area contributed by atoms with Crippen molar-refractivity contribution >= 4 is 21.6 Å². The fraction of sp³-hybridized carbons (Fsp3) is 0.500. The van der Waals surface area contributed by atoms with E-state index in [1.54, 1.807) is 6.07 Å². The molecule has 0 bridgehead atoms. The number of carbonyl (C=O) groups is 1. The van der Waals surface area contributed by atoms with E-state index >= 15 is 0 Å². The van der Waals surface area contributed by atoms with Crippen molar-refractivity contribution in [1.82, 2.24) is 4.31 Å². The van der Waals surface area contributed by atoms with Gasteiger partial charge in [0.05, 0.1) is 4.90 Å². The smallest absolute Gasteiger partial charge is 0.242 e. The molecule has 0 saturated carbocycles. The second-order valence-corrected chi connectivity index (χ2v) is 7.29. The second kappa shape index (κ2) is 7.02. The molecule has 0 spiro atoms. The molecule has 0 saturated heterocycles. The van der Waals surface area contributed by atoms with Crippen molar-refractivity contribution < 1.29 is 13.2 Å². The molecule has 6 nitrogen and oxygen atoms in total. The number of hydrogen-bond acceptors (Lipinski definition) is 4. The summed E-state index contributed by atoms with van der Waals surface area (Å²) in [4.78, 5) is 12.0. The molecule has 0 heterocycles. The summed E-state index contributed by atoms with van der Waals surface area (Å²) in [6.45, 7) is 4.11. The Morgan fingerprint density at radius 3 is 2.43 bits per heavy atom. The molecule has 0 aliphatic heterocycles. The summed E-state index contributed by atoms with van der Waals surface area (Å²) in [5.41, 5.74) is 7.57. The zero-order chi connectivity index (χ0) is 16.2. The fourth-order valence-corrected chi connectivity index (χ4v) is 2.81. The van der Waals surface area contributed by atoms with Gasteiger partial charge < -0.3 is 11.1 Å². The molecule has 0 aromatic heterocycles. The van der Waals surface area contributed by atoms with E-state index in [1.807, 2.05) is 13.8 Å². The first-order chi connectivity index (χ1) is 9.70. The molecule has 118 valence electrons. The van der Waals surface area contributed by atoms with Gasteiger partial charge in [-0.05, 0) is 50.1 Å².